The summed E-state index contributed by atoms with van der Waals surface area (Å²) in [5, 5.41) is 0. The second-order valence-corrected chi connectivity index (χ2v) is 4.54. The molecule has 0 heterocycles. The summed E-state index contributed by atoms with van der Waals surface area (Å²) < 4.78 is 48.6. The molecule has 116 valence electrons. The Morgan fingerprint density at radius 1 is 1.05 bits per heavy atom. The Balaban J connectivity index is 2.16. The van der Waals surface area contributed by atoms with Crippen molar-refractivity contribution in [2.45, 2.75) is 12.8 Å². The molecule has 2 aromatic rings. The molecule has 0 bridgehead atoms. The highest BCUT2D eigenvalue weighted by Crippen LogP contribution is 2.32. The standard InChI is InChI=1S/C16H13F3O3/c1-21-14-4-2-11(3-5-14)10-22-15-7-12(9-20)6-13(8-15)16(17,18)19/h2-9H,10H2,1H3. The molecule has 0 spiro atoms. The van der Waals surface area contributed by atoms with Crippen LogP contribution in [0, 0.1) is 0 Å². The van der Waals surface area contributed by atoms with Gasteiger partial charge in [0.05, 0.1) is 12.7 Å². The first-order valence-electron chi connectivity index (χ1n) is 6.35. The second kappa shape index (κ2) is 6.51. The van der Waals surface area contributed by atoms with Crippen molar-refractivity contribution in [3.63, 3.8) is 0 Å². The number of methoxy groups -OCH3 is 1. The Kier molecular flexibility index (Phi) is 4.70. The van der Waals surface area contributed by atoms with Crippen molar-refractivity contribution in [3.05, 3.63) is 59.2 Å². The summed E-state index contributed by atoms with van der Waals surface area (Å²) >= 11 is 0. The monoisotopic (exact) mass is 310 g/mol. The molecule has 22 heavy (non-hydrogen) atoms. The fourth-order valence-corrected chi connectivity index (χ4v) is 1.83. The van der Waals surface area contributed by atoms with Crippen molar-refractivity contribution in [1.82, 2.24) is 0 Å². The average molecular weight is 310 g/mol. The average Bonchev–Trinajstić information content (AvgIpc) is 2.52. The highest BCUT2D eigenvalue weighted by atomic mass is 19.4. The van der Waals surface area contributed by atoms with E-state index in [1.807, 2.05) is 0 Å². The lowest BCUT2D eigenvalue weighted by atomic mass is 10.1. The molecule has 0 saturated carbocycles. The van der Waals surface area contributed by atoms with Gasteiger partial charge in [0.25, 0.3) is 0 Å². The molecule has 0 saturated heterocycles. The van der Waals surface area contributed by atoms with Crippen LogP contribution < -0.4 is 9.47 Å². The molecular weight excluding hydrogens is 297 g/mol. The molecule has 0 atom stereocenters. The van der Waals surface area contributed by atoms with E-state index < -0.39 is 11.7 Å². The lowest BCUT2D eigenvalue weighted by molar-refractivity contribution is -0.137. The number of hydrogen-bond donors (Lipinski definition) is 0. The van der Waals surface area contributed by atoms with Gasteiger partial charge in [-0.1, -0.05) is 12.1 Å². The molecule has 0 unspecified atom stereocenters. The normalized spacial score (nSPS) is 11.1. The summed E-state index contributed by atoms with van der Waals surface area (Å²) in [4.78, 5) is 10.7. The van der Waals surface area contributed by atoms with Gasteiger partial charge in [0.15, 0.2) is 0 Å². The van der Waals surface area contributed by atoms with Crippen LogP contribution in [0.1, 0.15) is 21.5 Å². The van der Waals surface area contributed by atoms with E-state index in [0.29, 0.717) is 12.0 Å². The minimum atomic E-state index is -4.53. The van der Waals surface area contributed by atoms with E-state index in [9.17, 15) is 18.0 Å². The first-order valence-corrected chi connectivity index (χ1v) is 6.35. The number of aldehydes is 1. The Morgan fingerprint density at radius 3 is 2.27 bits per heavy atom. The zero-order valence-electron chi connectivity index (χ0n) is 11.7. The van der Waals surface area contributed by atoms with Crippen LogP contribution in [-0.2, 0) is 12.8 Å². The van der Waals surface area contributed by atoms with E-state index in [0.717, 1.165) is 17.7 Å². The lowest BCUT2D eigenvalue weighted by Gasteiger charge is -2.12. The molecular formula is C16H13F3O3. The van der Waals surface area contributed by atoms with Gasteiger partial charge in [0, 0.05) is 5.56 Å². The Bertz CT molecular complexity index is 649. The fraction of sp³-hybridized carbons (Fsp3) is 0.188. The molecule has 0 N–H and O–H groups in total. The van der Waals surface area contributed by atoms with Crippen LogP contribution >= 0.6 is 0 Å². The van der Waals surface area contributed by atoms with Gasteiger partial charge in [-0.15, -0.1) is 0 Å². The van der Waals surface area contributed by atoms with Crippen LogP contribution in [0.25, 0.3) is 0 Å². The zero-order chi connectivity index (χ0) is 16.2. The van der Waals surface area contributed by atoms with Gasteiger partial charge in [0.1, 0.15) is 24.4 Å². The van der Waals surface area contributed by atoms with Crippen LogP contribution in [0.15, 0.2) is 42.5 Å². The van der Waals surface area contributed by atoms with Crippen LogP contribution in [0.4, 0.5) is 13.2 Å². The van der Waals surface area contributed by atoms with Gasteiger partial charge in [-0.3, -0.25) is 4.79 Å². The third kappa shape index (κ3) is 4.00. The van der Waals surface area contributed by atoms with Crippen molar-refractivity contribution < 1.29 is 27.4 Å². The molecule has 0 amide bonds. The molecule has 0 radical (unpaired) electrons. The maximum absolute atomic E-state index is 12.7. The summed E-state index contributed by atoms with van der Waals surface area (Å²) in [6.45, 7) is 0.0869. The van der Waals surface area contributed by atoms with Gasteiger partial charge in [-0.05, 0) is 35.9 Å². The van der Waals surface area contributed by atoms with E-state index in [1.54, 1.807) is 24.3 Å². The van der Waals surface area contributed by atoms with Crippen LogP contribution in [0.3, 0.4) is 0 Å². The second-order valence-electron chi connectivity index (χ2n) is 4.54. The van der Waals surface area contributed by atoms with Gasteiger partial charge in [0.2, 0.25) is 0 Å². The van der Waals surface area contributed by atoms with Gasteiger partial charge in [-0.2, -0.15) is 13.2 Å². The van der Waals surface area contributed by atoms with Crippen molar-refractivity contribution in [2.75, 3.05) is 7.11 Å². The zero-order valence-corrected chi connectivity index (χ0v) is 11.7. The number of benzene rings is 2. The van der Waals surface area contributed by atoms with E-state index >= 15 is 0 Å². The molecule has 0 aliphatic rings. The molecule has 0 aliphatic carbocycles. The number of alkyl halides is 3. The van der Waals surface area contributed by atoms with Crippen molar-refractivity contribution in [2.24, 2.45) is 0 Å². The quantitative estimate of drug-likeness (QED) is 0.780. The highest BCUT2D eigenvalue weighted by Gasteiger charge is 2.31. The summed E-state index contributed by atoms with van der Waals surface area (Å²) in [5.74, 6) is 0.666. The Labute approximate surface area is 125 Å². The summed E-state index contributed by atoms with van der Waals surface area (Å²) in [7, 11) is 1.54. The minimum Gasteiger partial charge on any atom is -0.497 e. The Morgan fingerprint density at radius 2 is 1.73 bits per heavy atom. The van der Waals surface area contributed by atoms with Crippen LogP contribution in [-0.4, -0.2) is 13.4 Å². The molecule has 0 fully saturated rings. The number of ether oxygens (including phenoxy) is 2. The van der Waals surface area contributed by atoms with E-state index in [1.165, 1.54) is 13.2 Å². The van der Waals surface area contributed by atoms with Crippen molar-refractivity contribution in [3.8, 4) is 11.5 Å². The Hall–Kier alpha value is -2.50. The van der Waals surface area contributed by atoms with E-state index in [-0.39, 0.29) is 17.9 Å². The van der Waals surface area contributed by atoms with Gasteiger partial charge < -0.3 is 9.47 Å². The van der Waals surface area contributed by atoms with Gasteiger partial charge in [-0.25, -0.2) is 0 Å². The molecule has 2 rings (SSSR count). The maximum Gasteiger partial charge on any atom is 0.416 e. The molecule has 2 aromatic carbocycles. The smallest absolute Gasteiger partial charge is 0.416 e. The van der Waals surface area contributed by atoms with E-state index in [4.69, 9.17) is 9.47 Å². The number of rotatable bonds is 5. The molecule has 0 aromatic heterocycles. The number of halogens is 3. The largest absolute Gasteiger partial charge is 0.497 e. The number of carbonyl (C=O) groups excluding carboxylic acids is 1. The van der Waals surface area contributed by atoms with Crippen molar-refractivity contribution >= 4 is 6.29 Å². The third-order valence-electron chi connectivity index (χ3n) is 2.96. The third-order valence-corrected chi connectivity index (χ3v) is 2.96. The number of hydrogen-bond acceptors (Lipinski definition) is 3. The number of carbonyl (C=O) groups is 1. The first-order chi connectivity index (χ1) is 10.4. The summed E-state index contributed by atoms with van der Waals surface area (Å²) in [5.41, 5.74) is -0.229. The maximum atomic E-state index is 12.7. The molecule has 0 aliphatic heterocycles. The van der Waals surface area contributed by atoms with Crippen LogP contribution in [0.2, 0.25) is 0 Å². The predicted octanol–water partition coefficient (Wildman–Crippen LogP) is 4.11. The van der Waals surface area contributed by atoms with Crippen molar-refractivity contribution in [1.29, 1.82) is 0 Å². The van der Waals surface area contributed by atoms with Gasteiger partial charge >= 0.3 is 6.18 Å². The topological polar surface area (TPSA) is 35.5 Å². The summed E-state index contributed by atoms with van der Waals surface area (Å²) in [6.07, 6.45) is -4.17. The SMILES string of the molecule is COc1ccc(COc2cc(C=O)cc(C(F)(F)F)c2)cc1. The fourth-order valence-electron chi connectivity index (χ4n) is 1.83. The van der Waals surface area contributed by atoms with Crippen LogP contribution in [0.5, 0.6) is 11.5 Å². The first kappa shape index (κ1) is 15.9. The summed E-state index contributed by atoms with van der Waals surface area (Å²) in [6, 6.07) is 9.86. The predicted molar refractivity (Wildman–Crippen MR) is 74.2 cm³/mol. The highest BCUT2D eigenvalue weighted by molar-refractivity contribution is 5.76. The lowest BCUT2D eigenvalue weighted by Crippen LogP contribution is -2.06. The minimum absolute atomic E-state index is 0.00672. The molecule has 6 heteroatoms. The van der Waals surface area contributed by atoms with E-state index in [2.05, 4.69) is 0 Å². The molecule has 3 nitrogen and oxygen atoms in total.